The molecule has 0 bridgehead atoms. The third kappa shape index (κ3) is 2.70. The summed E-state index contributed by atoms with van der Waals surface area (Å²) in [7, 11) is 0. The van der Waals surface area contributed by atoms with Gasteiger partial charge in [-0.3, -0.25) is 9.79 Å². The van der Waals surface area contributed by atoms with Gasteiger partial charge in [-0.1, -0.05) is 6.07 Å². The molecule has 2 aliphatic rings. The lowest BCUT2D eigenvalue weighted by Gasteiger charge is -2.33. The SMILES string of the molecule is O=C(O)C1CCN(c2cccc(F)c2C2=NCCN2)CC1. The Labute approximate surface area is 122 Å². The van der Waals surface area contributed by atoms with Crippen LogP contribution < -0.4 is 10.2 Å². The third-order valence-corrected chi connectivity index (χ3v) is 4.09. The second-order valence-electron chi connectivity index (χ2n) is 5.39. The lowest BCUT2D eigenvalue weighted by atomic mass is 9.96. The number of aliphatic imine (C=N–C) groups is 1. The predicted octanol–water partition coefficient (Wildman–Crippen LogP) is 1.48. The van der Waals surface area contributed by atoms with Crippen LogP contribution in [0.25, 0.3) is 0 Å². The second kappa shape index (κ2) is 5.71. The highest BCUT2D eigenvalue weighted by atomic mass is 19.1. The molecule has 0 saturated carbocycles. The van der Waals surface area contributed by atoms with E-state index in [0.29, 0.717) is 43.9 Å². The van der Waals surface area contributed by atoms with E-state index >= 15 is 0 Å². The zero-order valence-corrected chi connectivity index (χ0v) is 11.7. The lowest BCUT2D eigenvalue weighted by molar-refractivity contribution is -0.142. The molecule has 3 rings (SSSR count). The molecule has 0 spiro atoms. The molecular weight excluding hydrogens is 273 g/mol. The summed E-state index contributed by atoms with van der Waals surface area (Å²) in [6, 6.07) is 5.00. The molecule has 1 fully saturated rings. The van der Waals surface area contributed by atoms with Gasteiger partial charge in [-0.05, 0) is 25.0 Å². The van der Waals surface area contributed by atoms with E-state index in [9.17, 15) is 9.18 Å². The number of halogens is 1. The maximum Gasteiger partial charge on any atom is 0.306 e. The summed E-state index contributed by atoms with van der Waals surface area (Å²) >= 11 is 0. The monoisotopic (exact) mass is 291 g/mol. The maximum atomic E-state index is 14.2. The minimum Gasteiger partial charge on any atom is -0.481 e. The zero-order chi connectivity index (χ0) is 14.8. The minimum atomic E-state index is -0.740. The number of carbonyl (C=O) groups is 1. The Morgan fingerprint density at radius 1 is 1.38 bits per heavy atom. The summed E-state index contributed by atoms with van der Waals surface area (Å²) in [6.07, 6.45) is 1.18. The lowest BCUT2D eigenvalue weighted by Crippen LogP contribution is -2.37. The summed E-state index contributed by atoms with van der Waals surface area (Å²) in [4.78, 5) is 17.4. The van der Waals surface area contributed by atoms with E-state index in [1.165, 1.54) is 6.07 Å². The van der Waals surface area contributed by atoms with Crippen molar-refractivity contribution in [2.45, 2.75) is 12.8 Å². The van der Waals surface area contributed by atoms with Crippen LogP contribution in [0.3, 0.4) is 0 Å². The number of amidine groups is 1. The van der Waals surface area contributed by atoms with Crippen molar-refractivity contribution in [1.29, 1.82) is 0 Å². The molecule has 0 atom stereocenters. The first kappa shape index (κ1) is 13.9. The highest BCUT2D eigenvalue weighted by Crippen LogP contribution is 2.28. The number of nitrogens with one attached hydrogen (secondary N) is 1. The third-order valence-electron chi connectivity index (χ3n) is 4.09. The van der Waals surface area contributed by atoms with Crippen LogP contribution in [0.4, 0.5) is 10.1 Å². The molecule has 6 heteroatoms. The fraction of sp³-hybridized carbons (Fsp3) is 0.467. The largest absolute Gasteiger partial charge is 0.481 e. The predicted molar refractivity (Wildman–Crippen MR) is 78.4 cm³/mol. The van der Waals surface area contributed by atoms with Gasteiger partial charge in [-0.15, -0.1) is 0 Å². The first-order valence-corrected chi connectivity index (χ1v) is 7.22. The molecule has 1 saturated heterocycles. The van der Waals surface area contributed by atoms with E-state index in [1.807, 2.05) is 6.07 Å². The molecule has 2 N–H and O–H groups in total. The number of anilines is 1. The molecule has 1 aromatic carbocycles. The van der Waals surface area contributed by atoms with Crippen molar-refractivity contribution >= 4 is 17.5 Å². The Kier molecular flexibility index (Phi) is 3.77. The Morgan fingerprint density at radius 2 is 2.14 bits per heavy atom. The molecule has 2 aliphatic heterocycles. The van der Waals surface area contributed by atoms with Gasteiger partial charge in [-0.2, -0.15) is 0 Å². The van der Waals surface area contributed by atoms with Crippen molar-refractivity contribution in [2.24, 2.45) is 10.9 Å². The van der Waals surface area contributed by atoms with Crippen LogP contribution in [-0.2, 0) is 4.79 Å². The first-order chi connectivity index (χ1) is 10.2. The van der Waals surface area contributed by atoms with Gasteiger partial charge >= 0.3 is 5.97 Å². The molecular formula is C15H18FN3O2. The molecule has 21 heavy (non-hydrogen) atoms. The van der Waals surface area contributed by atoms with Crippen LogP contribution in [-0.4, -0.2) is 43.1 Å². The molecule has 2 heterocycles. The molecule has 0 amide bonds. The molecule has 0 unspecified atom stereocenters. The quantitative estimate of drug-likeness (QED) is 0.885. The van der Waals surface area contributed by atoms with Crippen LogP contribution in [0.1, 0.15) is 18.4 Å². The summed E-state index contributed by atoms with van der Waals surface area (Å²) in [5, 5.41) is 12.2. The fourth-order valence-corrected chi connectivity index (χ4v) is 2.94. The normalized spacial score (nSPS) is 19.3. The van der Waals surface area contributed by atoms with Gasteiger partial charge in [0.2, 0.25) is 0 Å². The van der Waals surface area contributed by atoms with Crippen molar-refractivity contribution in [1.82, 2.24) is 5.32 Å². The van der Waals surface area contributed by atoms with Crippen molar-refractivity contribution in [3.63, 3.8) is 0 Å². The maximum absolute atomic E-state index is 14.2. The van der Waals surface area contributed by atoms with Crippen molar-refractivity contribution in [3.05, 3.63) is 29.6 Å². The summed E-state index contributed by atoms with van der Waals surface area (Å²) < 4.78 is 14.2. The van der Waals surface area contributed by atoms with Gasteiger partial charge in [-0.25, -0.2) is 4.39 Å². The van der Waals surface area contributed by atoms with E-state index in [1.54, 1.807) is 6.07 Å². The van der Waals surface area contributed by atoms with E-state index in [4.69, 9.17) is 5.11 Å². The number of nitrogens with zero attached hydrogens (tertiary/aromatic N) is 2. The zero-order valence-electron chi connectivity index (χ0n) is 11.7. The second-order valence-corrected chi connectivity index (χ2v) is 5.39. The number of benzene rings is 1. The number of carboxylic acid groups (broad SMARTS) is 1. The number of piperidine rings is 1. The van der Waals surface area contributed by atoms with Gasteiger partial charge in [0.15, 0.2) is 0 Å². The number of hydrogen-bond donors (Lipinski definition) is 2. The Hall–Kier alpha value is -2.11. The van der Waals surface area contributed by atoms with Gasteiger partial charge < -0.3 is 15.3 Å². The van der Waals surface area contributed by atoms with Crippen LogP contribution in [0.15, 0.2) is 23.2 Å². The minimum absolute atomic E-state index is 0.291. The van der Waals surface area contributed by atoms with E-state index < -0.39 is 5.97 Å². The Balaban J connectivity index is 1.86. The first-order valence-electron chi connectivity index (χ1n) is 7.22. The van der Waals surface area contributed by atoms with Crippen molar-refractivity contribution in [3.8, 4) is 0 Å². The topological polar surface area (TPSA) is 64.9 Å². The van der Waals surface area contributed by atoms with Crippen LogP contribution in [0, 0.1) is 11.7 Å². The Morgan fingerprint density at radius 3 is 2.76 bits per heavy atom. The standard InChI is InChI=1S/C15H18FN3O2/c16-11-2-1-3-12(13(11)14-17-6-7-18-14)19-8-4-10(5-9-19)15(20)21/h1-3,10H,4-9H2,(H,17,18)(H,20,21). The van der Waals surface area contributed by atoms with E-state index in [0.717, 1.165) is 12.2 Å². The van der Waals surface area contributed by atoms with Gasteiger partial charge in [0.25, 0.3) is 0 Å². The highest BCUT2D eigenvalue weighted by Gasteiger charge is 2.27. The Bertz CT molecular complexity index is 580. The highest BCUT2D eigenvalue weighted by molar-refractivity contribution is 6.04. The molecule has 0 aromatic heterocycles. The molecule has 0 radical (unpaired) electrons. The van der Waals surface area contributed by atoms with E-state index in [2.05, 4.69) is 15.2 Å². The summed E-state index contributed by atoms with van der Waals surface area (Å²) in [5.41, 5.74) is 1.30. The average molecular weight is 291 g/mol. The fourth-order valence-electron chi connectivity index (χ4n) is 2.94. The van der Waals surface area contributed by atoms with Crippen LogP contribution in [0.5, 0.6) is 0 Å². The average Bonchev–Trinajstić information content (AvgIpc) is 3.01. The van der Waals surface area contributed by atoms with Crippen molar-refractivity contribution < 1.29 is 14.3 Å². The molecule has 0 aliphatic carbocycles. The van der Waals surface area contributed by atoms with Gasteiger partial charge in [0, 0.05) is 19.6 Å². The summed E-state index contributed by atoms with van der Waals surface area (Å²) in [6.45, 7) is 2.63. The van der Waals surface area contributed by atoms with Crippen LogP contribution >= 0.6 is 0 Å². The smallest absolute Gasteiger partial charge is 0.306 e. The van der Waals surface area contributed by atoms with Crippen LogP contribution in [0.2, 0.25) is 0 Å². The molecule has 1 aromatic rings. The number of aliphatic carboxylic acids is 1. The summed E-state index contributed by atoms with van der Waals surface area (Å²) in [5.74, 6) is -0.722. The van der Waals surface area contributed by atoms with E-state index in [-0.39, 0.29) is 11.7 Å². The van der Waals surface area contributed by atoms with Crippen molar-refractivity contribution in [2.75, 3.05) is 31.1 Å². The molecule has 5 nitrogen and oxygen atoms in total. The van der Waals surface area contributed by atoms with Gasteiger partial charge in [0.05, 0.1) is 23.7 Å². The number of carboxylic acids is 1. The number of hydrogen-bond acceptors (Lipinski definition) is 4. The number of rotatable bonds is 3. The van der Waals surface area contributed by atoms with Gasteiger partial charge in [0.1, 0.15) is 11.7 Å². The molecule has 112 valence electrons.